The van der Waals surface area contributed by atoms with Gasteiger partial charge in [0.15, 0.2) is 0 Å². The van der Waals surface area contributed by atoms with Gasteiger partial charge in [-0.1, -0.05) is 23.7 Å². The second-order valence-electron chi connectivity index (χ2n) is 3.09. The van der Waals surface area contributed by atoms with Gasteiger partial charge in [0.2, 0.25) is 0 Å². The summed E-state index contributed by atoms with van der Waals surface area (Å²) in [6, 6.07) is 7.68. The number of nitrogens with zero attached hydrogens (tertiary/aromatic N) is 1. The van der Waals surface area contributed by atoms with Gasteiger partial charge < -0.3 is 4.90 Å². The highest BCUT2D eigenvalue weighted by molar-refractivity contribution is 6.49. The number of halogens is 1. The molecular weight excluding hydrogens is 198 g/mol. The van der Waals surface area contributed by atoms with E-state index in [0.717, 1.165) is 11.3 Å². The zero-order valence-electron chi connectivity index (χ0n) is 8.20. The molecule has 1 rings (SSSR count). The van der Waals surface area contributed by atoms with E-state index in [-0.39, 0.29) is 0 Å². The van der Waals surface area contributed by atoms with Crippen molar-refractivity contribution in [1.82, 2.24) is 0 Å². The molecule has 1 aromatic rings. The number of carbonyl (C=O) groups is 1. The summed E-state index contributed by atoms with van der Waals surface area (Å²) in [6.07, 6.45) is 2.02. The van der Waals surface area contributed by atoms with Crippen LogP contribution in [-0.2, 0) is 4.79 Å². The summed E-state index contributed by atoms with van der Waals surface area (Å²) in [7, 11) is 3.94. The van der Waals surface area contributed by atoms with Gasteiger partial charge in [0.05, 0.1) is 5.03 Å². The van der Waals surface area contributed by atoms with Gasteiger partial charge in [-0.25, -0.2) is 0 Å². The summed E-state index contributed by atoms with van der Waals surface area (Å²) >= 11 is 5.85. The zero-order chi connectivity index (χ0) is 10.6. The molecule has 0 aromatic heterocycles. The van der Waals surface area contributed by atoms with Crippen LogP contribution in [0.15, 0.2) is 30.3 Å². The van der Waals surface area contributed by atoms with Crippen LogP contribution in [0.3, 0.4) is 0 Å². The van der Waals surface area contributed by atoms with Gasteiger partial charge in [-0.05, 0) is 23.8 Å². The second-order valence-corrected chi connectivity index (χ2v) is 3.50. The van der Waals surface area contributed by atoms with Crippen molar-refractivity contribution in [3.63, 3.8) is 0 Å². The van der Waals surface area contributed by atoms with E-state index in [1.54, 1.807) is 0 Å². The van der Waals surface area contributed by atoms with Crippen molar-refractivity contribution < 1.29 is 4.79 Å². The first-order valence-electron chi connectivity index (χ1n) is 4.24. The van der Waals surface area contributed by atoms with Crippen molar-refractivity contribution in [2.75, 3.05) is 19.0 Å². The number of rotatable bonds is 3. The van der Waals surface area contributed by atoms with Gasteiger partial charge >= 0.3 is 0 Å². The standard InChI is InChI=1S/C11H12ClNO/c1-13(2)10-5-3-9(4-6-10)11(12)7-8-14/h3-8H,1-2H3/b11-7-. The molecule has 0 unspecified atom stereocenters. The zero-order valence-corrected chi connectivity index (χ0v) is 8.95. The molecule has 0 amide bonds. The van der Waals surface area contributed by atoms with Gasteiger partial charge in [-0.2, -0.15) is 0 Å². The molecule has 0 spiro atoms. The third kappa shape index (κ3) is 2.60. The average molecular weight is 210 g/mol. The van der Waals surface area contributed by atoms with E-state index in [4.69, 9.17) is 11.6 Å². The monoisotopic (exact) mass is 209 g/mol. The molecule has 0 aliphatic heterocycles. The fraction of sp³-hybridized carbons (Fsp3) is 0.182. The second kappa shape index (κ2) is 4.82. The van der Waals surface area contributed by atoms with Crippen LogP contribution in [0.5, 0.6) is 0 Å². The van der Waals surface area contributed by atoms with Gasteiger partial charge in [-0.15, -0.1) is 0 Å². The summed E-state index contributed by atoms with van der Waals surface area (Å²) in [5.74, 6) is 0. The van der Waals surface area contributed by atoms with E-state index in [1.807, 2.05) is 43.3 Å². The van der Waals surface area contributed by atoms with Crippen molar-refractivity contribution in [3.05, 3.63) is 35.9 Å². The topological polar surface area (TPSA) is 20.3 Å². The average Bonchev–Trinajstić information content (AvgIpc) is 2.18. The highest BCUT2D eigenvalue weighted by atomic mass is 35.5. The first-order chi connectivity index (χ1) is 6.65. The Morgan fingerprint density at radius 2 is 1.86 bits per heavy atom. The van der Waals surface area contributed by atoms with Crippen molar-refractivity contribution >= 4 is 28.6 Å². The fourth-order valence-corrected chi connectivity index (χ4v) is 1.25. The largest absolute Gasteiger partial charge is 0.378 e. The number of anilines is 1. The lowest BCUT2D eigenvalue weighted by atomic mass is 10.2. The Kier molecular flexibility index (Phi) is 3.72. The fourth-order valence-electron chi connectivity index (χ4n) is 1.07. The molecule has 0 aliphatic carbocycles. The van der Waals surface area contributed by atoms with E-state index in [0.29, 0.717) is 11.3 Å². The minimum Gasteiger partial charge on any atom is -0.378 e. The third-order valence-corrected chi connectivity index (χ3v) is 2.22. The van der Waals surface area contributed by atoms with E-state index in [2.05, 4.69) is 0 Å². The minimum absolute atomic E-state index is 0.463. The van der Waals surface area contributed by atoms with Crippen LogP contribution in [0.1, 0.15) is 5.56 Å². The predicted octanol–water partition coefficient (Wildman–Crippen LogP) is 2.53. The number of allylic oxidation sites excluding steroid dienone is 1. The van der Waals surface area contributed by atoms with Crippen molar-refractivity contribution in [3.8, 4) is 0 Å². The highest BCUT2D eigenvalue weighted by Crippen LogP contribution is 2.21. The van der Waals surface area contributed by atoms with Crippen LogP contribution in [0.4, 0.5) is 5.69 Å². The maximum Gasteiger partial charge on any atom is 0.144 e. The molecular formula is C11H12ClNO. The van der Waals surface area contributed by atoms with Gasteiger partial charge in [0, 0.05) is 19.8 Å². The molecule has 0 radical (unpaired) electrons. The van der Waals surface area contributed by atoms with Gasteiger partial charge in [0.1, 0.15) is 6.29 Å². The Labute approximate surface area is 88.8 Å². The molecule has 2 nitrogen and oxygen atoms in total. The summed E-state index contributed by atoms with van der Waals surface area (Å²) in [5, 5.41) is 0.463. The van der Waals surface area contributed by atoms with Gasteiger partial charge in [-0.3, -0.25) is 4.79 Å². The molecule has 0 aliphatic rings. The van der Waals surface area contributed by atoms with E-state index in [9.17, 15) is 4.79 Å². The number of benzene rings is 1. The van der Waals surface area contributed by atoms with Crippen molar-refractivity contribution in [2.24, 2.45) is 0 Å². The highest BCUT2D eigenvalue weighted by Gasteiger charge is 1.98. The molecule has 14 heavy (non-hydrogen) atoms. The van der Waals surface area contributed by atoms with Crippen LogP contribution in [0.25, 0.3) is 5.03 Å². The molecule has 0 fully saturated rings. The molecule has 0 saturated carbocycles. The SMILES string of the molecule is CN(C)c1ccc(/C(Cl)=C/C=O)cc1. The number of hydrogen-bond donors (Lipinski definition) is 0. The Bertz CT molecular complexity index is 341. The third-order valence-electron chi connectivity index (χ3n) is 1.87. The van der Waals surface area contributed by atoms with E-state index >= 15 is 0 Å². The van der Waals surface area contributed by atoms with Crippen LogP contribution in [0.2, 0.25) is 0 Å². The van der Waals surface area contributed by atoms with E-state index in [1.165, 1.54) is 6.08 Å². The molecule has 0 bridgehead atoms. The van der Waals surface area contributed by atoms with Gasteiger partial charge in [0.25, 0.3) is 0 Å². The molecule has 3 heteroatoms. The molecule has 74 valence electrons. The molecule has 0 saturated heterocycles. The molecule has 1 aromatic carbocycles. The van der Waals surface area contributed by atoms with Crippen molar-refractivity contribution in [1.29, 1.82) is 0 Å². The molecule has 0 heterocycles. The quantitative estimate of drug-likeness (QED) is 0.563. The molecule has 0 N–H and O–H groups in total. The van der Waals surface area contributed by atoms with Crippen LogP contribution in [-0.4, -0.2) is 20.4 Å². The first-order valence-corrected chi connectivity index (χ1v) is 4.61. The smallest absolute Gasteiger partial charge is 0.144 e. The Hall–Kier alpha value is -1.28. The van der Waals surface area contributed by atoms with Crippen molar-refractivity contribution in [2.45, 2.75) is 0 Å². The number of carbonyl (C=O) groups excluding carboxylic acids is 1. The number of hydrogen-bond acceptors (Lipinski definition) is 2. The summed E-state index contributed by atoms with van der Waals surface area (Å²) in [5.41, 5.74) is 1.95. The Balaban J connectivity index is 2.93. The lowest BCUT2D eigenvalue weighted by Crippen LogP contribution is -2.07. The normalized spacial score (nSPS) is 11.2. The first kappa shape index (κ1) is 10.8. The lowest BCUT2D eigenvalue weighted by Gasteiger charge is -2.12. The van der Waals surface area contributed by atoms with E-state index < -0.39 is 0 Å². The summed E-state index contributed by atoms with van der Waals surface area (Å²) < 4.78 is 0. The van der Waals surface area contributed by atoms with Crippen LogP contribution >= 0.6 is 11.6 Å². The maximum atomic E-state index is 10.2. The minimum atomic E-state index is 0.463. The Morgan fingerprint density at radius 3 is 2.29 bits per heavy atom. The predicted molar refractivity (Wildman–Crippen MR) is 60.7 cm³/mol. The maximum absolute atomic E-state index is 10.2. The van der Waals surface area contributed by atoms with Crippen LogP contribution in [0, 0.1) is 0 Å². The lowest BCUT2D eigenvalue weighted by molar-refractivity contribution is -0.104. The van der Waals surface area contributed by atoms with Crippen LogP contribution < -0.4 is 4.90 Å². The summed E-state index contributed by atoms with van der Waals surface area (Å²) in [4.78, 5) is 12.2. The Morgan fingerprint density at radius 1 is 1.29 bits per heavy atom. The summed E-state index contributed by atoms with van der Waals surface area (Å²) in [6.45, 7) is 0. The number of aldehydes is 1. The molecule has 0 atom stereocenters.